The molecule has 132 valence electrons. The van der Waals surface area contributed by atoms with E-state index in [0.717, 1.165) is 31.1 Å². The highest BCUT2D eigenvalue weighted by atomic mass is 16.5. The Morgan fingerprint density at radius 1 is 1.12 bits per heavy atom. The minimum Gasteiger partial charge on any atom is -0.481 e. The van der Waals surface area contributed by atoms with E-state index in [4.69, 9.17) is 9.47 Å². The van der Waals surface area contributed by atoms with Crippen LogP contribution < -0.4 is 19.3 Å². The van der Waals surface area contributed by atoms with E-state index in [9.17, 15) is 0 Å². The van der Waals surface area contributed by atoms with Crippen LogP contribution >= 0.6 is 0 Å². The average Bonchev–Trinajstić information content (AvgIpc) is 3.38. The number of methoxy groups -OCH3 is 2. The molecule has 1 aliphatic heterocycles. The van der Waals surface area contributed by atoms with Crippen molar-refractivity contribution >= 4 is 11.6 Å². The number of hydrogen-bond acceptors (Lipinski definition) is 8. The number of anilines is 2. The zero-order valence-electron chi connectivity index (χ0n) is 14.5. The van der Waals surface area contributed by atoms with Gasteiger partial charge in [-0.1, -0.05) is 0 Å². The van der Waals surface area contributed by atoms with Gasteiger partial charge in [0.15, 0.2) is 0 Å². The Morgan fingerprint density at radius 3 is 2.68 bits per heavy atom. The van der Waals surface area contributed by atoms with Crippen LogP contribution in [0.3, 0.4) is 0 Å². The molecule has 0 bridgehead atoms. The number of rotatable bonds is 6. The van der Waals surface area contributed by atoms with E-state index < -0.39 is 0 Å². The monoisotopic (exact) mass is 342 g/mol. The van der Waals surface area contributed by atoms with E-state index in [-0.39, 0.29) is 0 Å². The van der Waals surface area contributed by atoms with Gasteiger partial charge in [-0.15, -0.1) is 0 Å². The molecule has 1 saturated heterocycles. The van der Waals surface area contributed by atoms with Gasteiger partial charge in [0, 0.05) is 37.4 Å². The van der Waals surface area contributed by atoms with Crippen LogP contribution in [-0.2, 0) is 0 Å². The lowest BCUT2D eigenvalue weighted by atomic mass is 10.2. The topological polar surface area (TPSA) is 76.5 Å². The highest BCUT2D eigenvalue weighted by Gasteiger charge is 2.38. The van der Waals surface area contributed by atoms with Gasteiger partial charge in [-0.05, 0) is 25.3 Å². The molecule has 0 radical (unpaired) electrons. The lowest BCUT2D eigenvalue weighted by molar-refractivity contribution is 0.352. The first-order valence-electron chi connectivity index (χ1n) is 8.55. The second-order valence-electron chi connectivity index (χ2n) is 6.35. The van der Waals surface area contributed by atoms with Crippen LogP contribution in [0.25, 0.3) is 0 Å². The highest BCUT2D eigenvalue weighted by molar-refractivity contribution is 5.48. The van der Waals surface area contributed by atoms with Crippen molar-refractivity contribution in [3.8, 4) is 11.9 Å². The molecule has 8 nitrogen and oxygen atoms in total. The maximum atomic E-state index is 5.26. The van der Waals surface area contributed by atoms with Crippen molar-refractivity contribution in [1.82, 2.24) is 19.9 Å². The minimum absolute atomic E-state index is 0.327. The van der Waals surface area contributed by atoms with Crippen LogP contribution in [0.15, 0.2) is 24.7 Å². The van der Waals surface area contributed by atoms with Crippen molar-refractivity contribution < 1.29 is 9.47 Å². The third kappa shape index (κ3) is 3.29. The van der Waals surface area contributed by atoms with Crippen molar-refractivity contribution in [1.29, 1.82) is 0 Å². The van der Waals surface area contributed by atoms with Gasteiger partial charge >= 0.3 is 6.01 Å². The molecule has 2 aliphatic rings. The molecule has 2 aromatic rings. The van der Waals surface area contributed by atoms with Crippen LogP contribution in [0.5, 0.6) is 11.9 Å². The molecule has 4 rings (SSSR count). The van der Waals surface area contributed by atoms with Crippen molar-refractivity contribution in [3.05, 3.63) is 24.7 Å². The molecule has 2 aromatic heterocycles. The second-order valence-corrected chi connectivity index (χ2v) is 6.35. The molecule has 1 atom stereocenters. The molecule has 8 heteroatoms. The molecule has 1 unspecified atom stereocenters. The zero-order chi connectivity index (χ0) is 17.2. The summed E-state index contributed by atoms with van der Waals surface area (Å²) in [6, 6.07) is 5.19. The van der Waals surface area contributed by atoms with Gasteiger partial charge in [-0.3, -0.25) is 0 Å². The molecule has 0 amide bonds. The summed E-state index contributed by atoms with van der Waals surface area (Å²) in [4.78, 5) is 21.9. The molecule has 25 heavy (non-hydrogen) atoms. The van der Waals surface area contributed by atoms with Crippen molar-refractivity contribution in [2.75, 3.05) is 37.1 Å². The fraction of sp³-hybridized carbons (Fsp3) is 0.529. The summed E-state index contributed by atoms with van der Waals surface area (Å²) in [5, 5.41) is 0. The van der Waals surface area contributed by atoms with Gasteiger partial charge in [0.1, 0.15) is 18.0 Å². The summed E-state index contributed by atoms with van der Waals surface area (Å²) in [5.74, 6) is 2.37. The molecule has 2 fully saturated rings. The first kappa shape index (κ1) is 15.9. The molecule has 1 aliphatic carbocycles. The Hall–Kier alpha value is -2.64. The fourth-order valence-corrected chi connectivity index (χ4v) is 3.39. The summed E-state index contributed by atoms with van der Waals surface area (Å²) in [5.41, 5.74) is 0. The van der Waals surface area contributed by atoms with E-state index >= 15 is 0 Å². The van der Waals surface area contributed by atoms with Crippen molar-refractivity contribution in [2.45, 2.75) is 31.3 Å². The predicted molar refractivity (Wildman–Crippen MR) is 93.3 cm³/mol. The normalized spacial score (nSPS) is 19.8. The summed E-state index contributed by atoms with van der Waals surface area (Å²) in [6.45, 7) is 1.83. The van der Waals surface area contributed by atoms with Crippen LogP contribution in [0, 0.1) is 0 Å². The Bertz CT molecular complexity index is 702. The lowest BCUT2D eigenvalue weighted by Gasteiger charge is -2.30. The first-order valence-corrected chi connectivity index (χ1v) is 8.55. The molecular weight excluding hydrogens is 320 g/mol. The van der Waals surface area contributed by atoms with Crippen LogP contribution in [-0.4, -0.2) is 59.3 Å². The average molecular weight is 342 g/mol. The van der Waals surface area contributed by atoms with E-state index in [1.165, 1.54) is 12.8 Å². The van der Waals surface area contributed by atoms with Gasteiger partial charge < -0.3 is 19.3 Å². The summed E-state index contributed by atoms with van der Waals surface area (Å²) >= 11 is 0. The van der Waals surface area contributed by atoms with Gasteiger partial charge in [0.2, 0.25) is 5.88 Å². The van der Waals surface area contributed by atoms with Gasteiger partial charge in [-0.2, -0.15) is 9.97 Å². The third-order valence-electron chi connectivity index (χ3n) is 4.71. The smallest absolute Gasteiger partial charge is 0.321 e. The molecule has 0 spiro atoms. The quantitative estimate of drug-likeness (QED) is 0.782. The minimum atomic E-state index is 0.327. The van der Waals surface area contributed by atoms with E-state index in [1.807, 2.05) is 18.3 Å². The second kappa shape index (κ2) is 6.70. The molecular formula is C17H22N6O2. The predicted octanol–water partition coefficient (Wildman–Crippen LogP) is 1.53. The molecule has 3 heterocycles. The van der Waals surface area contributed by atoms with Crippen LogP contribution in [0.4, 0.5) is 11.6 Å². The number of ether oxygens (including phenoxy) is 2. The van der Waals surface area contributed by atoms with Crippen molar-refractivity contribution in [3.63, 3.8) is 0 Å². The van der Waals surface area contributed by atoms with Crippen LogP contribution in [0.2, 0.25) is 0 Å². The first-order chi connectivity index (χ1) is 12.3. The Labute approximate surface area is 146 Å². The van der Waals surface area contributed by atoms with E-state index in [0.29, 0.717) is 24.0 Å². The Morgan fingerprint density at radius 2 is 2.00 bits per heavy atom. The number of hydrogen-bond donors (Lipinski definition) is 0. The largest absolute Gasteiger partial charge is 0.481 e. The molecule has 0 N–H and O–H groups in total. The maximum absolute atomic E-state index is 5.26. The standard InChI is InChI=1S/C17H22N6O2/c1-24-16-9-15(20-17(21-16)25-2)22-8-6-13(10-22)23(12-3-4-12)14-5-7-18-11-19-14/h5,7,9,11-13H,3-4,6,8,10H2,1-2H3. The Balaban J connectivity index is 1.54. The number of aromatic nitrogens is 4. The van der Waals surface area contributed by atoms with Gasteiger partial charge in [0.05, 0.1) is 14.2 Å². The maximum Gasteiger partial charge on any atom is 0.321 e. The third-order valence-corrected chi connectivity index (χ3v) is 4.71. The summed E-state index contributed by atoms with van der Waals surface area (Å²) in [7, 11) is 3.16. The highest BCUT2D eigenvalue weighted by Crippen LogP contribution is 2.35. The molecule has 1 saturated carbocycles. The van der Waals surface area contributed by atoms with Crippen LogP contribution in [0.1, 0.15) is 19.3 Å². The fourth-order valence-electron chi connectivity index (χ4n) is 3.39. The van der Waals surface area contributed by atoms with E-state index in [2.05, 4.69) is 29.7 Å². The number of nitrogens with zero attached hydrogens (tertiary/aromatic N) is 6. The Kier molecular flexibility index (Phi) is 4.25. The van der Waals surface area contributed by atoms with Crippen molar-refractivity contribution in [2.24, 2.45) is 0 Å². The van der Waals surface area contributed by atoms with Gasteiger partial charge in [-0.25, -0.2) is 9.97 Å². The lowest BCUT2D eigenvalue weighted by Crippen LogP contribution is -2.40. The molecule has 0 aromatic carbocycles. The summed E-state index contributed by atoms with van der Waals surface area (Å²) in [6.07, 6.45) is 6.96. The zero-order valence-corrected chi connectivity index (χ0v) is 14.5. The SMILES string of the molecule is COc1cc(N2CCC(N(c3ccncn3)C3CC3)C2)nc(OC)n1. The van der Waals surface area contributed by atoms with Gasteiger partial charge in [0.25, 0.3) is 0 Å². The van der Waals surface area contributed by atoms with E-state index in [1.54, 1.807) is 20.5 Å². The summed E-state index contributed by atoms with van der Waals surface area (Å²) < 4.78 is 10.5.